The number of aryl methyl sites for hydroxylation is 1. The van der Waals surface area contributed by atoms with Crippen LogP contribution in [0.25, 0.3) is 10.9 Å². The maximum Gasteiger partial charge on any atom is 0.345 e. The Morgan fingerprint density at radius 3 is 2.56 bits per heavy atom. The highest BCUT2D eigenvalue weighted by molar-refractivity contribution is 6.10. The SMILES string of the molecule is CCOC(=O)c1c(N2CCN(C)CC2)n2c3c(cccc3c1=O)C(=O)CC2. The summed E-state index contributed by atoms with van der Waals surface area (Å²) in [5.41, 5.74) is 0.924. The lowest BCUT2D eigenvalue weighted by atomic mass is 9.97. The van der Waals surface area contributed by atoms with Gasteiger partial charge < -0.3 is 19.1 Å². The van der Waals surface area contributed by atoms with Crippen LogP contribution in [0.2, 0.25) is 0 Å². The number of carbonyl (C=O) groups excluding carboxylic acids is 2. The van der Waals surface area contributed by atoms with Crippen molar-refractivity contribution in [3.05, 3.63) is 39.5 Å². The molecular weight excluding hydrogens is 346 g/mol. The highest BCUT2D eigenvalue weighted by Crippen LogP contribution is 2.31. The molecule has 2 aliphatic rings. The Bertz CT molecular complexity index is 987. The summed E-state index contributed by atoms with van der Waals surface area (Å²) in [4.78, 5) is 42.7. The van der Waals surface area contributed by atoms with E-state index in [1.165, 1.54) is 0 Å². The van der Waals surface area contributed by atoms with E-state index in [0.717, 1.165) is 13.1 Å². The second-order valence-electron chi connectivity index (χ2n) is 7.07. The number of ether oxygens (including phenoxy) is 1. The van der Waals surface area contributed by atoms with Crippen LogP contribution in [-0.2, 0) is 11.3 Å². The van der Waals surface area contributed by atoms with Crippen LogP contribution >= 0.6 is 0 Å². The smallest absolute Gasteiger partial charge is 0.345 e. The molecular formula is C20H23N3O4. The van der Waals surface area contributed by atoms with Crippen molar-refractivity contribution in [3.8, 4) is 0 Å². The number of likely N-dealkylation sites (N-methyl/N-ethyl adjacent to an activating group) is 1. The lowest BCUT2D eigenvalue weighted by molar-refractivity contribution is 0.0525. The van der Waals surface area contributed by atoms with Crippen LogP contribution in [0.4, 0.5) is 5.82 Å². The van der Waals surface area contributed by atoms with Crippen molar-refractivity contribution in [2.24, 2.45) is 0 Å². The minimum Gasteiger partial charge on any atom is -0.462 e. The molecule has 7 heteroatoms. The van der Waals surface area contributed by atoms with E-state index < -0.39 is 5.97 Å². The molecule has 4 rings (SSSR count). The fraction of sp³-hybridized carbons (Fsp3) is 0.450. The quantitative estimate of drug-likeness (QED) is 0.764. The van der Waals surface area contributed by atoms with Crippen molar-refractivity contribution in [2.45, 2.75) is 19.9 Å². The third-order valence-electron chi connectivity index (χ3n) is 5.40. The summed E-state index contributed by atoms with van der Waals surface area (Å²) >= 11 is 0. The second-order valence-corrected chi connectivity index (χ2v) is 7.07. The molecule has 1 aromatic carbocycles. The van der Waals surface area contributed by atoms with E-state index in [2.05, 4.69) is 16.8 Å². The van der Waals surface area contributed by atoms with Crippen molar-refractivity contribution >= 4 is 28.5 Å². The van der Waals surface area contributed by atoms with E-state index in [0.29, 0.717) is 48.3 Å². The molecule has 0 atom stereocenters. The molecule has 1 saturated heterocycles. The van der Waals surface area contributed by atoms with Gasteiger partial charge in [-0.3, -0.25) is 9.59 Å². The number of hydrogen-bond acceptors (Lipinski definition) is 6. The molecule has 3 heterocycles. The van der Waals surface area contributed by atoms with Crippen LogP contribution in [0.5, 0.6) is 0 Å². The highest BCUT2D eigenvalue weighted by atomic mass is 16.5. The summed E-state index contributed by atoms with van der Waals surface area (Å²) in [7, 11) is 2.05. The van der Waals surface area contributed by atoms with E-state index in [1.807, 2.05) is 4.57 Å². The maximum absolute atomic E-state index is 13.3. The number of benzene rings is 1. The van der Waals surface area contributed by atoms with Crippen molar-refractivity contribution in [2.75, 3.05) is 44.7 Å². The average Bonchev–Trinajstić information content (AvgIpc) is 2.67. The molecule has 27 heavy (non-hydrogen) atoms. The lowest BCUT2D eigenvalue weighted by Crippen LogP contribution is -2.47. The zero-order valence-corrected chi connectivity index (χ0v) is 15.7. The largest absolute Gasteiger partial charge is 0.462 e. The fourth-order valence-corrected chi connectivity index (χ4v) is 4.02. The molecule has 1 fully saturated rings. The average molecular weight is 369 g/mol. The van der Waals surface area contributed by atoms with E-state index in [4.69, 9.17) is 4.74 Å². The highest BCUT2D eigenvalue weighted by Gasteiger charge is 2.32. The number of piperazine rings is 1. The van der Waals surface area contributed by atoms with Gasteiger partial charge in [0.1, 0.15) is 11.4 Å². The predicted octanol–water partition coefficient (Wildman–Crippen LogP) is 1.52. The topological polar surface area (TPSA) is 71.8 Å². The number of carbonyl (C=O) groups is 2. The Hall–Kier alpha value is -2.67. The Kier molecular flexibility index (Phi) is 4.47. The monoisotopic (exact) mass is 369 g/mol. The number of pyridine rings is 1. The number of rotatable bonds is 3. The van der Waals surface area contributed by atoms with Crippen molar-refractivity contribution in [1.82, 2.24) is 9.47 Å². The van der Waals surface area contributed by atoms with Gasteiger partial charge in [-0.1, -0.05) is 6.07 Å². The number of Topliss-reactive ketones (excluding diaryl/α,β-unsaturated/α-hetero) is 1. The first-order chi connectivity index (χ1) is 13.0. The van der Waals surface area contributed by atoms with Crippen LogP contribution in [0.15, 0.2) is 23.0 Å². The molecule has 0 radical (unpaired) electrons. The Morgan fingerprint density at radius 2 is 1.85 bits per heavy atom. The van der Waals surface area contributed by atoms with Crippen molar-refractivity contribution in [1.29, 1.82) is 0 Å². The Labute approximate surface area is 157 Å². The number of anilines is 1. The summed E-state index contributed by atoms with van der Waals surface area (Å²) in [6.07, 6.45) is 0.359. The molecule has 1 aromatic heterocycles. The summed E-state index contributed by atoms with van der Waals surface area (Å²) in [6, 6.07) is 5.15. The van der Waals surface area contributed by atoms with Gasteiger partial charge in [-0.25, -0.2) is 4.79 Å². The normalized spacial score (nSPS) is 17.4. The maximum atomic E-state index is 13.3. The first kappa shape index (κ1) is 17.7. The van der Waals surface area contributed by atoms with E-state index >= 15 is 0 Å². The van der Waals surface area contributed by atoms with Gasteiger partial charge in [0.2, 0.25) is 5.43 Å². The number of aromatic nitrogens is 1. The molecule has 0 spiro atoms. The van der Waals surface area contributed by atoms with Crippen LogP contribution in [0, 0.1) is 0 Å². The van der Waals surface area contributed by atoms with Crippen molar-refractivity contribution < 1.29 is 14.3 Å². The van der Waals surface area contributed by atoms with Gasteiger partial charge in [-0.05, 0) is 26.1 Å². The minimum absolute atomic E-state index is 0.0354. The third-order valence-corrected chi connectivity index (χ3v) is 5.40. The number of hydrogen-bond donors (Lipinski definition) is 0. The Balaban J connectivity index is 2.04. The fourth-order valence-electron chi connectivity index (χ4n) is 4.02. The first-order valence-electron chi connectivity index (χ1n) is 9.36. The number of para-hydroxylation sites is 1. The molecule has 0 aliphatic carbocycles. The molecule has 142 valence electrons. The zero-order chi connectivity index (χ0) is 19.1. The summed E-state index contributed by atoms with van der Waals surface area (Å²) in [6.45, 7) is 5.50. The van der Waals surface area contributed by atoms with Gasteiger partial charge in [0, 0.05) is 50.1 Å². The van der Waals surface area contributed by atoms with Crippen LogP contribution < -0.4 is 10.3 Å². The van der Waals surface area contributed by atoms with Gasteiger partial charge >= 0.3 is 5.97 Å². The van der Waals surface area contributed by atoms with Crippen LogP contribution in [0.3, 0.4) is 0 Å². The first-order valence-corrected chi connectivity index (χ1v) is 9.36. The minimum atomic E-state index is -0.593. The van der Waals surface area contributed by atoms with E-state index in [9.17, 15) is 14.4 Å². The van der Waals surface area contributed by atoms with E-state index in [-0.39, 0.29) is 23.4 Å². The molecule has 2 aliphatic heterocycles. The number of esters is 1. The van der Waals surface area contributed by atoms with Gasteiger partial charge in [0.05, 0.1) is 12.1 Å². The lowest BCUT2D eigenvalue weighted by Gasteiger charge is -2.37. The van der Waals surface area contributed by atoms with Crippen LogP contribution in [-0.4, -0.2) is 61.1 Å². The van der Waals surface area contributed by atoms with Gasteiger partial charge in [0.25, 0.3) is 0 Å². The summed E-state index contributed by atoms with van der Waals surface area (Å²) in [5, 5.41) is 0.404. The van der Waals surface area contributed by atoms with E-state index in [1.54, 1.807) is 25.1 Å². The van der Waals surface area contributed by atoms with Crippen molar-refractivity contribution in [3.63, 3.8) is 0 Å². The molecule has 0 saturated carbocycles. The van der Waals surface area contributed by atoms with Crippen LogP contribution in [0.1, 0.15) is 34.1 Å². The molecule has 0 unspecified atom stereocenters. The standard InChI is InChI=1S/C20H23N3O4/c1-3-27-20(26)16-18(25)14-6-4-5-13-15(24)7-8-23(17(13)14)19(16)22-11-9-21(2)10-12-22/h4-6H,3,7-12H2,1-2H3. The molecule has 2 aromatic rings. The third kappa shape index (κ3) is 2.82. The van der Waals surface area contributed by atoms with Gasteiger partial charge in [0.15, 0.2) is 5.78 Å². The zero-order valence-electron chi connectivity index (χ0n) is 15.7. The Morgan fingerprint density at radius 1 is 1.11 bits per heavy atom. The summed E-state index contributed by atoms with van der Waals surface area (Å²) < 4.78 is 7.20. The molecule has 7 nitrogen and oxygen atoms in total. The molecule has 0 N–H and O–H groups in total. The predicted molar refractivity (Wildman–Crippen MR) is 103 cm³/mol. The summed E-state index contributed by atoms with van der Waals surface area (Å²) in [5.74, 6) is 0.0385. The molecule has 0 amide bonds. The number of ketones is 1. The van der Waals surface area contributed by atoms with Gasteiger partial charge in [-0.2, -0.15) is 0 Å². The second kappa shape index (κ2) is 6.81. The number of nitrogens with zero attached hydrogens (tertiary/aromatic N) is 3. The molecule has 0 bridgehead atoms. The van der Waals surface area contributed by atoms with Gasteiger partial charge in [-0.15, -0.1) is 0 Å².